The minimum Gasteiger partial charge on any atom is -0.493 e. The standard InChI is InChI=1S/C17H14BrN5O5S/c1-9-2-5-12(21-22-14-15(24)19-17(26)20-16(14)25)8-13(9)29(27,28)23-11-6-3-10(18)4-7-11/h2-8,23H,1H3,(H3,19,20,24,25,26). The van der Waals surface area contributed by atoms with Crippen molar-refractivity contribution in [2.24, 2.45) is 10.2 Å². The van der Waals surface area contributed by atoms with Gasteiger partial charge in [-0.05, 0) is 48.9 Å². The summed E-state index contributed by atoms with van der Waals surface area (Å²) < 4.78 is 28.8. The van der Waals surface area contributed by atoms with E-state index in [9.17, 15) is 23.1 Å². The SMILES string of the molecule is Cc1ccc(N=Nc2c(O)[nH]c(=O)[nH]c2=O)cc1S(=O)(=O)Nc1ccc(Br)cc1. The van der Waals surface area contributed by atoms with Crippen LogP contribution >= 0.6 is 15.9 Å². The third-order valence-corrected chi connectivity index (χ3v) is 5.77. The number of H-pyrrole nitrogens is 2. The van der Waals surface area contributed by atoms with E-state index in [1.54, 1.807) is 31.2 Å². The van der Waals surface area contributed by atoms with E-state index in [4.69, 9.17) is 0 Å². The van der Waals surface area contributed by atoms with Crippen molar-refractivity contribution >= 4 is 43.0 Å². The molecule has 0 fully saturated rings. The molecule has 1 aromatic heterocycles. The van der Waals surface area contributed by atoms with Crippen molar-refractivity contribution in [3.05, 3.63) is 73.3 Å². The molecule has 0 saturated heterocycles. The highest BCUT2D eigenvalue weighted by Gasteiger charge is 2.18. The second kappa shape index (κ2) is 8.01. The Hall–Kier alpha value is -3.25. The van der Waals surface area contributed by atoms with E-state index in [1.165, 1.54) is 18.2 Å². The molecule has 150 valence electrons. The zero-order chi connectivity index (χ0) is 21.2. The third-order valence-electron chi connectivity index (χ3n) is 3.72. The predicted octanol–water partition coefficient (Wildman–Crippen LogP) is 3.06. The number of hydrogen-bond acceptors (Lipinski definition) is 7. The Balaban J connectivity index is 1.95. The van der Waals surface area contributed by atoms with Gasteiger partial charge in [0.15, 0.2) is 0 Å². The Bertz CT molecular complexity index is 1310. The number of aromatic hydroxyl groups is 1. The van der Waals surface area contributed by atoms with Crippen LogP contribution in [0.15, 0.2) is 71.7 Å². The number of azo groups is 1. The van der Waals surface area contributed by atoms with E-state index >= 15 is 0 Å². The van der Waals surface area contributed by atoms with Gasteiger partial charge in [-0.15, -0.1) is 5.11 Å². The van der Waals surface area contributed by atoms with Gasteiger partial charge in [0.2, 0.25) is 11.6 Å². The van der Waals surface area contributed by atoms with Crippen LogP contribution in [0.25, 0.3) is 0 Å². The van der Waals surface area contributed by atoms with Gasteiger partial charge < -0.3 is 5.11 Å². The number of anilines is 1. The molecule has 0 unspecified atom stereocenters. The zero-order valence-electron chi connectivity index (χ0n) is 14.8. The monoisotopic (exact) mass is 479 g/mol. The number of halogens is 1. The van der Waals surface area contributed by atoms with E-state index < -0.39 is 32.8 Å². The van der Waals surface area contributed by atoms with E-state index in [0.717, 1.165) is 4.47 Å². The molecule has 0 aliphatic heterocycles. The number of nitrogens with zero attached hydrogens (tertiary/aromatic N) is 2. The molecule has 0 saturated carbocycles. The maximum Gasteiger partial charge on any atom is 0.328 e. The molecule has 12 heteroatoms. The molecule has 3 aromatic rings. The number of sulfonamides is 1. The van der Waals surface area contributed by atoms with E-state index in [0.29, 0.717) is 11.3 Å². The van der Waals surface area contributed by atoms with Crippen LogP contribution in [-0.4, -0.2) is 23.5 Å². The van der Waals surface area contributed by atoms with Crippen LogP contribution in [-0.2, 0) is 10.0 Å². The summed E-state index contributed by atoms with van der Waals surface area (Å²) >= 11 is 3.28. The van der Waals surface area contributed by atoms with Crippen LogP contribution in [0.5, 0.6) is 5.88 Å². The highest BCUT2D eigenvalue weighted by molar-refractivity contribution is 9.10. The summed E-state index contributed by atoms with van der Waals surface area (Å²) in [5, 5.41) is 17.0. The number of aromatic amines is 2. The Kier molecular flexibility index (Phi) is 5.66. The molecule has 2 aromatic carbocycles. The van der Waals surface area contributed by atoms with Crippen molar-refractivity contribution in [1.29, 1.82) is 0 Å². The fourth-order valence-electron chi connectivity index (χ4n) is 2.34. The first-order valence-corrected chi connectivity index (χ1v) is 10.3. The molecular formula is C17H14BrN5O5S. The number of aromatic nitrogens is 2. The van der Waals surface area contributed by atoms with Gasteiger partial charge in [-0.1, -0.05) is 22.0 Å². The molecule has 10 nitrogen and oxygen atoms in total. The summed E-state index contributed by atoms with van der Waals surface area (Å²) in [6, 6.07) is 10.9. The van der Waals surface area contributed by atoms with Crippen molar-refractivity contribution in [2.75, 3.05) is 4.72 Å². The van der Waals surface area contributed by atoms with Crippen LogP contribution < -0.4 is 16.0 Å². The molecule has 4 N–H and O–H groups in total. The number of nitrogens with one attached hydrogen (secondary N) is 3. The van der Waals surface area contributed by atoms with E-state index in [2.05, 4.69) is 30.9 Å². The molecule has 0 spiro atoms. The molecular weight excluding hydrogens is 466 g/mol. The first-order chi connectivity index (χ1) is 13.7. The highest BCUT2D eigenvalue weighted by atomic mass is 79.9. The Morgan fingerprint density at radius 2 is 1.72 bits per heavy atom. The topological polar surface area (TPSA) is 157 Å². The Labute approximate surface area is 172 Å². The molecule has 0 aliphatic carbocycles. The first-order valence-electron chi connectivity index (χ1n) is 8.02. The first kappa shape index (κ1) is 20.5. The van der Waals surface area contributed by atoms with Gasteiger partial charge in [0.05, 0.1) is 10.6 Å². The van der Waals surface area contributed by atoms with Gasteiger partial charge in [0.25, 0.3) is 15.6 Å². The van der Waals surface area contributed by atoms with Gasteiger partial charge in [-0.25, -0.2) is 13.2 Å². The lowest BCUT2D eigenvalue weighted by atomic mass is 10.2. The molecule has 0 aliphatic rings. The Morgan fingerprint density at radius 1 is 1.03 bits per heavy atom. The largest absolute Gasteiger partial charge is 0.493 e. The number of benzene rings is 2. The van der Waals surface area contributed by atoms with Gasteiger partial charge in [-0.2, -0.15) is 5.11 Å². The minimum absolute atomic E-state index is 0.0310. The fraction of sp³-hybridized carbons (Fsp3) is 0.0588. The summed E-state index contributed by atoms with van der Waals surface area (Å²) in [6.07, 6.45) is 0. The number of hydrogen-bond donors (Lipinski definition) is 4. The van der Waals surface area contributed by atoms with Crippen LogP contribution in [0, 0.1) is 6.92 Å². The van der Waals surface area contributed by atoms with E-state index in [1.807, 2.05) is 9.97 Å². The van der Waals surface area contributed by atoms with Crippen molar-refractivity contribution < 1.29 is 13.5 Å². The summed E-state index contributed by atoms with van der Waals surface area (Å²) in [7, 11) is -3.92. The molecule has 0 bridgehead atoms. The third kappa shape index (κ3) is 4.78. The quantitative estimate of drug-likeness (QED) is 0.413. The Morgan fingerprint density at radius 3 is 2.38 bits per heavy atom. The maximum atomic E-state index is 12.7. The lowest BCUT2D eigenvalue weighted by molar-refractivity contribution is 0.450. The molecule has 0 radical (unpaired) electrons. The van der Waals surface area contributed by atoms with Crippen molar-refractivity contribution in [3.8, 4) is 5.88 Å². The van der Waals surface area contributed by atoms with Crippen molar-refractivity contribution in [2.45, 2.75) is 11.8 Å². The lowest BCUT2D eigenvalue weighted by Gasteiger charge is -2.11. The smallest absolute Gasteiger partial charge is 0.328 e. The summed E-state index contributed by atoms with van der Waals surface area (Å²) in [4.78, 5) is 26.6. The second-order valence-electron chi connectivity index (χ2n) is 5.87. The van der Waals surface area contributed by atoms with Crippen molar-refractivity contribution in [3.63, 3.8) is 0 Å². The maximum absolute atomic E-state index is 12.7. The average Bonchev–Trinajstić information content (AvgIpc) is 2.63. The molecule has 0 atom stereocenters. The van der Waals surface area contributed by atoms with Gasteiger partial charge >= 0.3 is 5.69 Å². The van der Waals surface area contributed by atoms with Crippen LogP contribution in [0.1, 0.15) is 5.56 Å². The van der Waals surface area contributed by atoms with Crippen LogP contribution in [0.2, 0.25) is 0 Å². The number of rotatable bonds is 5. The normalized spacial score (nSPS) is 11.7. The van der Waals surface area contributed by atoms with E-state index in [-0.39, 0.29) is 10.6 Å². The summed E-state index contributed by atoms with van der Waals surface area (Å²) in [5.41, 5.74) is -1.37. The number of aryl methyl sites for hydroxylation is 1. The highest BCUT2D eigenvalue weighted by Crippen LogP contribution is 2.27. The fourth-order valence-corrected chi connectivity index (χ4v) is 3.93. The molecule has 29 heavy (non-hydrogen) atoms. The van der Waals surface area contributed by atoms with Gasteiger partial charge in [0.1, 0.15) is 0 Å². The average molecular weight is 480 g/mol. The molecule has 0 amide bonds. The van der Waals surface area contributed by atoms with Crippen LogP contribution in [0.4, 0.5) is 17.1 Å². The van der Waals surface area contributed by atoms with Crippen LogP contribution in [0.3, 0.4) is 0 Å². The van der Waals surface area contributed by atoms with Crippen molar-refractivity contribution in [1.82, 2.24) is 9.97 Å². The minimum atomic E-state index is -3.92. The predicted molar refractivity (Wildman–Crippen MR) is 110 cm³/mol. The summed E-state index contributed by atoms with van der Waals surface area (Å²) in [6.45, 7) is 1.62. The zero-order valence-corrected chi connectivity index (χ0v) is 17.2. The van der Waals surface area contributed by atoms with Gasteiger partial charge in [-0.3, -0.25) is 19.5 Å². The second-order valence-corrected chi connectivity index (χ2v) is 8.43. The molecule has 1 heterocycles. The summed E-state index contributed by atoms with van der Waals surface area (Å²) in [5.74, 6) is -0.751. The molecule has 3 rings (SSSR count). The van der Waals surface area contributed by atoms with Gasteiger partial charge in [0, 0.05) is 10.2 Å². The lowest BCUT2D eigenvalue weighted by Crippen LogP contribution is -2.20.